The van der Waals surface area contributed by atoms with Gasteiger partial charge in [0.05, 0.1) is 10.6 Å². The number of anilines is 1. The molecule has 0 radical (unpaired) electrons. The molecule has 32 heavy (non-hydrogen) atoms. The van der Waals surface area contributed by atoms with Crippen molar-refractivity contribution >= 4 is 40.5 Å². The number of carbonyl (C=O) groups is 2. The highest BCUT2D eigenvalue weighted by Crippen LogP contribution is 2.26. The Labute approximate surface area is 191 Å². The van der Waals surface area contributed by atoms with Crippen LogP contribution >= 0.6 is 22.9 Å². The predicted molar refractivity (Wildman–Crippen MR) is 120 cm³/mol. The first-order valence-corrected chi connectivity index (χ1v) is 10.7. The van der Waals surface area contributed by atoms with Crippen LogP contribution in [0.15, 0.2) is 60.0 Å². The van der Waals surface area contributed by atoms with E-state index < -0.39 is 24.3 Å². The van der Waals surface area contributed by atoms with Gasteiger partial charge in [0.2, 0.25) is 0 Å². The van der Waals surface area contributed by atoms with Gasteiger partial charge in [-0.3, -0.25) is 4.79 Å². The number of amides is 1. The first-order chi connectivity index (χ1) is 15.4. The SMILES string of the molecule is Cc1c(Cl)cccc1NC(=O)COC(=O)c1nc(-c2cccs2)n(-c2ccc(F)cc2)n1. The molecular formula is C22H16ClFN4O3S. The van der Waals surface area contributed by atoms with E-state index in [1.807, 2.05) is 17.5 Å². The van der Waals surface area contributed by atoms with Gasteiger partial charge in [-0.2, -0.15) is 4.98 Å². The summed E-state index contributed by atoms with van der Waals surface area (Å²) in [5.41, 5.74) is 1.75. The monoisotopic (exact) mass is 470 g/mol. The molecule has 0 aliphatic heterocycles. The lowest BCUT2D eigenvalue weighted by Crippen LogP contribution is -2.22. The molecule has 0 saturated carbocycles. The molecule has 0 atom stereocenters. The van der Waals surface area contributed by atoms with Gasteiger partial charge in [-0.05, 0) is 60.3 Å². The van der Waals surface area contributed by atoms with Crippen LogP contribution in [0.25, 0.3) is 16.4 Å². The van der Waals surface area contributed by atoms with Crippen molar-refractivity contribution in [2.75, 3.05) is 11.9 Å². The molecule has 2 heterocycles. The van der Waals surface area contributed by atoms with Crippen LogP contribution < -0.4 is 5.32 Å². The van der Waals surface area contributed by atoms with Crippen molar-refractivity contribution in [2.24, 2.45) is 0 Å². The van der Waals surface area contributed by atoms with Gasteiger partial charge in [-0.1, -0.05) is 23.7 Å². The average molecular weight is 471 g/mol. The Morgan fingerprint density at radius 3 is 2.66 bits per heavy atom. The zero-order chi connectivity index (χ0) is 22.7. The molecule has 162 valence electrons. The molecule has 2 aromatic heterocycles. The van der Waals surface area contributed by atoms with Crippen LogP contribution in [0, 0.1) is 12.7 Å². The number of hydrogen-bond donors (Lipinski definition) is 1. The fraction of sp³-hybridized carbons (Fsp3) is 0.0909. The number of ether oxygens (including phenoxy) is 1. The van der Waals surface area contributed by atoms with E-state index in [1.54, 1.807) is 25.1 Å². The van der Waals surface area contributed by atoms with Gasteiger partial charge in [0.25, 0.3) is 11.7 Å². The van der Waals surface area contributed by atoms with Gasteiger partial charge in [0.1, 0.15) is 5.82 Å². The van der Waals surface area contributed by atoms with E-state index in [0.717, 1.165) is 4.88 Å². The normalized spacial score (nSPS) is 10.7. The third-order valence-corrected chi connectivity index (χ3v) is 5.75. The summed E-state index contributed by atoms with van der Waals surface area (Å²) in [5, 5.41) is 9.24. The number of rotatable bonds is 6. The van der Waals surface area contributed by atoms with Crippen LogP contribution in [0.4, 0.5) is 10.1 Å². The summed E-state index contributed by atoms with van der Waals surface area (Å²) in [5.74, 6) is -1.60. The summed E-state index contributed by atoms with van der Waals surface area (Å²) in [6.45, 7) is 1.24. The first-order valence-electron chi connectivity index (χ1n) is 9.41. The molecule has 0 aliphatic rings. The summed E-state index contributed by atoms with van der Waals surface area (Å²) >= 11 is 7.46. The van der Waals surface area contributed by atoms with Crippen LogP contribution in [0.2, 0.25) is 5.02 Å². The van der Waals surface area contributed by atoms with Crippen molar-refractivity contribution in [3.05, 3.63) is 82.2 Å². The molecule has 0 bridgehead atoms. The average Bonchev–Trinajstić information content (AvgIpc) is 3.46. The quantitative estimate of drug-likeness (QED) is 0.405. The lowest BCUT2D eigenvalue weighted by atomic mass is 10.2. The third-order valence-electron chi connectivity index (χ3n) is 4.48. The van der Waals surface area contributed by atoms with Crippen molar-refractivity contribution in [2.45, 2.75) is 6.92 Å². The van der Waals surface area contributed by atoms with Crippen molar-refractivity contribution in [3.8, 4) is 16.4 Å². The molecule has 1 amide bonds. The summed E-state index contributed by atoms with van der Waals surface area (Å²) in [6.07, 6.45) is 0. The van der Waals surface area contributed by atoms with E-state index in [0.29, 0.717) is 27.8 Å². The maximum atomic E-state index is 13.3. The number of nitrogens with zero attached hydrogens (tertiary/aromatic N) is 3. The minimum Gasteiger partial charge on any atom is -0.450 e. The Balaban J connectivity index is 1.51. The van der Waals surface area contributed by atoms with Crippen molar-refractivity contribution in [1.29, 1.82) is 0 Å². The lowest BCUT2D eigenvalue weighted by molar-refractivity contribution is -0.119. The largest absolute Gasteiger partial charge is 0.450 e. The summed E-state index contributed by atoms with van der Waals surface area (Å²) < 4.78 is 19.8. The molecule has 0 unspecified atom stereocenters. The number of carbonyl (C=O) groups excluding carboxylic acids is 2. The van der Waals surface area contributed by atoms with Crippen LogP contribution in [0.3, 0.4) is 0 Å². The highest BCUT2D eigenvalue weighted by Gasteiger charge is 2.21. The van der Waals surface area contributed by atoms with E-state index in [2.05, 4.69) is 15.4 Å². The van der Waals surface area contributed by atoms with Crippen LogP contribution in [-0.2, 0) is 9.53 Å². The van der Waals surface area contributed by atoms with Gasteiger partial charge in [-0.15, -0.1) is 16.4 Å². The molecule has 0 spiro atoms. The van der Waals surface area contributed by atoms with Crippen LogP contribution in [-0.4, -0.2) is 33.2 Å². The zero-order valence-corrected chi connectivity index (χ0v) is 18.3. The number of aromatic nitrogens is 3. The molecule has 0 aliphatic carbocycles. The number of nitrogens with one attached hydrogen (secondary N) is 1. The number of benzene rings is 2. The minimum absolute atomic E-state index is 0.218. The van der Waals surface area contributed by atoms with Crippen LogP contribution in [0.5, 0.6) is 0 Å². The number of thiophene rings is 1. The fourth-order valence-corrected chi connectivity index (χ4v) is 3.72. The lowest BCUT2D eigenvalue weighted by Gasteiger charge is -2.09. The molecule has 2 aromatic carbocycles. The van der Waals surface area contributed by atoms with Gasteiger partial charge >= 0.3 is 5.97 Å². The Morgan fingerprint density at radius 2 is 1.94 bits per heavy atom. The number of hydrogen-bond acceptors (Lipinski definition) is 6. The van der Waals surface area contributed by atoms with Crippen molar-refractivity contribution < 1.29 is 18.7 Å². The number of esters is 1. The molecule has 4 rings (SSSR count). The smallest absolute Gasteiger partial charge is 0.378 e. The second-order valence-electron chi connectivity index (χ2n) is 6.66. The molecule has 10 heteroatoms. The van der Waals surface area contributed by atoms with Crippen molar-refractivity contribution in [1.82, 2.24) is 14.8 Å². The second-order valence-corrected chi connectivity index (χ2v) is 8.02. The Bertz CT molecular complexity index is 1270. The molecular weight excluding hydrogens is 455 g/mol. The van der Waals surface area contributed by atoms with Crippen LogP contribution in [0.1, 0.15) is 16.2 Å². The standard InChI is InChI=1S/C22H16ClFN4O3S/c1-13-16(23)4-2-5-17(13)25-19(29)12-31-22(30)20-26-21(18-6-3-11-32-18)28(27-20)15-9-7-14(24)8-10-15/h2-11H,12H2,1H3,(H,25,29). The highest BCUT2D eigenvalue weighted by atomic mass is 35.5. The topological polar surface area (TPSA) is 86.1 Å². The van der Waals surface area contributed by atoms with E-state index >= 15 is 0 Å². The maximum Gasteiger partial charge on any atom is 0.378 e. The van der Waals surface area contributed by atoms with Gasteiger partial charge < -0.3 is 10.1 Å². The Kier molecular flexibility index (Phi) is 6.29. The summed E-state index contributed by atoms with van der Waals surface area (Å²) in [6, 6.07) is 14.4. The summed E-state index contributed by atoms with van der Waals surface area (Å²) in [7, 11) is 0. The predicted octanol–water partition coefficient (Wildman–Crippen LogP) is 4.89. The third kappa shape index (κ3) is 4.68. The second kappa shape index (κ2) is 9.29. The molecule has 7 nitrogen and oxygen atoms in total. The van der Waals surface area contributed by atoms with Gasteiger partial charge in [0, 0.05) is 10.7 Å². The van der Waals surface area contributed by atoms with Gasteiger partial charge in [0.15, 0.2) is 12.4 Å². The molecule has 0 saturated heterocycles. The van der Waals surface area contributed by atoms with E-state index in [-0.39, 0.29) is 5.82 Å². The minimum atomic E-state index is -0.860. The van der Waals surface area contributed by atoms with Crippen molar-refractivity contribution in [3.63, 3.8) is 0 Å². The molecule has 0 fully saturated rings. The fourth-order valence-electron chi connectivity index (χ4n) is 2.85. The van der Waals surface area contributed by atoms with E-state index in [9.17, 15) is 14.0 Å². The Hall–Kier alpha value is -3.56. The zero-order valence-electron chi connectivity index (χ0n) is 16.7. The molecule has 4 aromatic rings. The van der Waals surface area contributed by atoms with E-state index in [4.69, 9.17) is 16.3 Å². The Morgan fingerprint density at radius 1 is 1.16 bits per heavy atom. The highest BCUT2D eigenvalue weighted by molar-refractivity contribution is 7.13. The first kappa shape index (κ1) is 21.7. The molecule has 1 N–H and O–H groups in total. The summed E-state index contributed by atoms with van der Waals surface area (Å²) in [4.78, 5) is 29.8. The maximum absolute atomic E-state index is 13.3. The van der Waals surface area contributed by atoms with E-state index in [1.165, 1.54) is 40.3 Å². The van der Waals surface area contributed by atoms with Gasteiger partial charge in [-0.25, -0.2) is 13.9 Å². The number of halogens is 2.